The number of nitrogens with zero attached hydrogens (tertiary/aromatic N) is 2. The molecule has 4 nitrogen and oxygen atoms in total. The van der Waals surface area contributed by atoms with Crippen molar-refractivity contribution in [3.63, 3.8) is 0 Å². The first-order valence-electron chi connectivity index (χ1n) is 6.36. The second-order valence-electron chi connectivity index (χ2n) is 4.70. The third-order valence-electron chi connectivity index (χ3n) is 2.90. The molecule has 0 radical (unpaired) electrons. The molecule has 0 unspecified atom stereocenters. The second kappa shape index (κ2) is 6.67. The van der Waals surface area contributed by atoms with Crippen LogP contribution >= 0.6 is 11.6 Å². The van der Waals surface area contributed by atoms with E-state index < -0.39 is 24.0 Å². The van der Waals surface area contributed by atoms with Crippen LogP contribution in [0.5, 0.6) is 0 Å². The highest BCUT2D eigenvalue weighted by Crippen LogP contribution is 2.21. The Labute approximate surface area is 125 Å². The van der Waals surface area contributed by atoms with E-state index in [1.165, 1.54) is 0 Å². The minimum Gasteiger partial charge on any atom is -0.351 e. The third-order valence-corrected chi connectivity index (χ3v) is 3.20. The van der Waals surface area contributed by atoms with Gasteiger partial charge in [-0.25, -0.2) is 8.78 Å². The van der Waals surface area contributed by atoms with E-state index in [1.807, 2.05) is 0 Å². The molecular weight excluding hydrogens is 300 g/mol. The van der Waals surface area contributed by atoms with Crippen molar-refractivity contribution in [3.05, 3.63) is 52.8 Å². The predicted molar refractivity (Wildman–Crippen MR) is 74.9 cm³/mol. The van der Waals surface area contributed by atoms with Crippen molar-refractivity contribution in [3.8, 4) is 0 Å². The Morgan fingerprint density at radius 3 is 2.90 bits per heavy atom. The lowest BCUT2D eigenvalue weighted by Gasteiger charge is -2.14. The van der Waals surface area contributed by atoms with E-state index in [0.29, 0.717) is 6.54 Å². The average molecular weight is 314 g/mol. The fraction of sp³-hybridized carbons (Fsp3) is 0.286. The molecule has 0 bridgehead atoms. The first kappa shape index (κ1) is 15.4. The summed E-state index contributed by atoms with van der Waals surface area (Å²) in [5.74, 6) is -2.16. The normalized spacial score (nSPS) is 12.2. The summed E-state index contributed by atoms with van der Waals surface area (Å²) in [6.45, 7) is 2.25. The number of halogens is 3. The molecule has 0 spiro atoms. The largest absolute Gasteiger partial charge is 0.351 e. The number of benzene rings is 1. The highest BCUT2D eigenvalue weighted by atomic mass is 35.5. The first-order valence-corrected chi connectivity index (χ1v) is 6.74. The topological polar surface area (TPSA) is 46.9 Å². The molecule has 1 heterocycles. The van der Waals surface area contributed by atoms with Crippen molar-refractivity contribution in [1.29, 1.82) is 0 Å². The molecule has 2 aromatic rings. The van der Waals surface area contributed by atoms with Gasteiger partial charge in [-0.1, -0.05) is 11.6 Å². The molecule has 0 aliphatic rings. The summed E-state index contributed by atoms with van der Waals surface area (Å²) in [4.78, 5) is 11.8. The van der Waals surface area contributed by atoms with Gasteiger partial charge in [-0.3, -0.25) is 9.48 Å². The summed E-state index contributed by atoms with van der Waals surface area (Å²) in [7, 11) is 0. The van der Waals surface area contributed by atoms with Gasteiger partial charge in [0, 0.05) is 24.0 Å². The molecule has 1 atom stereocenters. The molecule has 2 rings (SSSR count). The zero-order valence-corrected chi connectivity index (χ0v) is 12.1. The fourth-order valence-corrected chi connectivity index (χ4v) is 2.13. The van der Waals surface area contributed by atoms with Crippen LogP contribution in [0.15, 0.2) is 30.6 Å². The molecule has 21 heavy (non-hydrogen) atoms. The quantitative estimate of drug-likeness (QED) is 0.862. The van der Waals surface area contributed by atoms with Gasteiger partial charge in [-0.15, -0.1) is 0 Å². The summed E-state index contributed by atoms with van der Waals surface area (Å²) in [5, 5.41) is 6.47. The van der Waals surface area contributed by atoms with Gasteiger partial charge < -0.3 is 5.32 Å². The molecule has 0 aliphatic carbocycles. The van der Waals surface area contributed by atoms with Crippen molar-refractivity contribution in [2.75, 3.05) is 0 Å². The Morgan fingerprint density at radius 1 is 1.48 bits per heavy atom. The van der Waals surface area contributed by atoms with Crippen molar-refractivity contribution in [2.45, 2.75) is 25.9 Å². The maximum Gasteiger partial charge on any atom is 0.224 e. The standard InChI is InChI=1S/C14H14ClF2N3O/c1-9(8-20-6-2-5-18-20)19-13(21)7-10-12(16)4-3-11(15)14(10)17/h2-6,9H,7-8H2,1H3,(H,19,21)/t9-/m1/s1. The van der Waals surface area contributed by atoms with E-state index in [4.69, 9.17) is 11.6 Å². The monoisotopic (exact) mass is 313 g/mol. The van der Waals surface area contributed by atoms with Crippen LogP contribution in [-0.2, 0) is 17.8 Å². The molecule has 1 N–H and O–H groups in total. The number of nitrogens with one attached hydrogen (secondary N) is 1. The van der Waals surface area contributed by atoms with E-state index in [1.54, 1.807) is 30.1 Å². The highest BCUT2D eigenvalue weighted by Gasteiger charge is 2.17. The lowest BCUT2D eigenvalue weighted by molar-refractivity contribution is -0.121. The van der Waals surface area contributed by atoms with E-state index in [2.05, 4.69) is 10.4 Å². The molecule has 0 aliphatic heterocycles. The van der Waals surface area contributed by atoms with Crippen LogP contribution in [0.25, 0.3) is 0 Å². The lowest BCUT2D eigenvalue weighted by Crippen LogP contribution is -2.37. The van der Waals surface area contributed by atoms with Crippen molar-refractivity contribution >= 4 is 17.5 Å². The van der Waals surface area contributed by atoms with Crippen LogP contribution < -0.4 is 5.32 Å². The third kappa shape index (κ3) is 4.01. The van der Waals surface area contributed by atoms with Crippen molar-refractivity contribution in [1.82, 2.24) is 15.1 Å². The fourth-order valence-electron chi connectivity index (χ4n) is 1.95. The number of rotatable bonds is 5. The molecule has 0 saturated heterocycles. The molecule has 1 aromatic carbocycles. The average Bonchev–Trinajstić information content (AvgIpc) is 2.92. The number of carbonyl (C=O) groups is 1. The summed E-state index contributed by atoms with van der Waals surface area (Å²) < 4.78 is 28.9. The first-order chi connectivity index (χ1) is 9.97. The smallest absolute Gasteiger partial charge is 0.224 e. The van der Waals surface area contributed by atoms with Gasteiger partial charge in [0.05, 0.1) is 18.0 Å². The Hall–Kier alpha value is -1.95. The molecule has 1 amide bonds. The maximum atomic E-state index is 13.7. The van der Waals surface area contributed by atoms with Gasteiger partial charge >= 0.3 is 0 Å². The minimum absolute atomic E-state index is 0.205. The molecule has 0 fully saturated rings. The number of amides is 1. The summed E-state index contributed by atoms with van der Waals surface area (Å²) in [5.41, 5.74) is -0.328. The Bertz CT molecular complexity index is 631. The zero-order valence-electron chi connectivity index (χ0n) is 11.3. The van der Waals surface area contributed by atoms with Crippen molar-refractivity contribution < 1.29 is 13.6 Å². The number of carbonyl (C=O) groups excluding carboxylic acids is 1. The second-order valence-corrected chi connectivity index (χ2v) is 5.10. The lowest BCUT2D eigenvalue weighted by atomic mass is 10.1. The van der Waals surface area contributed by atoms with Crippen LogP contribution in [-0.4, -0.2) is 21.7 Å². The van der Waals surface area contributed by atoms with Gasteiger partial charge in [0.2, 0.25) is 5.91 Å². The summed E-state index contributed by atoms with van der Waals surface area (Å²) in [6.07, 6.45) is 2.99. The number of aromatic nitrogens is 2. The Balaban J connectivity index is 1.97. The molecule has 7 heteroatoms. The van der Waals surface area contributed by atoms with Crippen molar-refractivity contribution in [2.24, 2.45) is 0 Å². The minimum atomic E-state index is -0.897. The van der Waals surface area contributed by atoms with Crippen LogP contribution in [0.3, 0.4) is 0 Å². The highest BCUT2D eigenvalue weighted by molar-refractivity contribution is 6.30. The Morgan fingerprint density at radius 2 is 2.24 bits per heavy atom. The predicted octanol–water partition coefficient (Wildman–Crippen LogP) is 2.56. The molecular formula is C14H14ClF2N3O. The summed E-state index contributed by atoms with van der Waals surface area (Å²) >= 11 is 5.58. The van der Waals surface area contributed by atoms with E-state index >= 15 is 0 Å². The van der Waals surface area contributed by atoms with E-state index in [-0.39, 0.29) is 16.6 Å². The SMILES string of the molecule is C[C@H](Cn1cccn1)NC(=O)Cc1c(F)ccc(Cl)c1F. The number of hydrogen-bond acceptors (Lipinski definition) is 2. The van der Waals surface area contributed by atoms with E-state index in [9.17, 15) is 13.6 Å². The van der Waals surface area contributed by atoms with E-state index in [0.717, 1.165) is 12.1 Å². The molecule has 112 valence electrons. The van der Waals surface area contributed by atoms with Gasteiger partial charge in [0.1, 0.15) is 11.6 Å². The zero-order chi connectivity index (χ0) is 15.4. The number of hydrogen-bond donors (Lipinski definition) is 1. The molecule has 0 saturated carbocycles. The van der Waals surface area contributed by atoms with Gasteiger partial charge in [-0.2, -0.15) is 5.10 Å². The van der Waals surface area contributed by atoms with Gasteiger partial charge in [-0.05, 0) is 25.1 Å². The summed E-state index contributed by atoms with van der Waals surface area (Å²) in [6, 6.07) is 3.71. The van der Waals surface area contributed by atoms with Crippen LogP contribution in [0.4, 0.5) is 8.78 Å². The van der Waals surface area contributed by atoms with Crippen LogP contribution in [0.1, 0.15) is 12.5 Å². The van der Waals surface area contributed by atoms with Gasteiger partial charge in [0.25, 0.3) is 0 Å². The maximum absolute atomic E-state index is 13.7. The van der Waals surface area contributed by atoms with Crippen LogP contribution in [0.2, 0.25) is 5.02 Å². The molecule has 1 aromatic heterocycles. The van der Waals surface area contributed by atoms with Gasteiger partial charge in [0.15, 0.2) is 0 Å². The van der Waals surface area contributed by atoms with Crippen LogP contribution in [0, 0.1) is 11.6 Å². The Kier molecular flexibility index (Phi) is 4.90.